The van der Waals surface area contributed by atoms with Gasteiger partial charge in [0.2, 0.25) is 0 Å². The first-order valence-corrected chi connectivity index (χ1v) is 25.2. The number of benzene rings is 4. The maximum atomic E-state index is 2.47. The topological polar surface area (TPSA) is 0 Å². The summed E-state index contributed by atoms with van der Waals surface area (Å²) in [6.07, 6.45) is 11.1. The predicted octanol–water partition coefficient (Wildman–Crippen LogP) is 7.65. The monoisotopic (exact) mass is 624 g/mol. The van der Waals surface area contributed by atoms with Crippen molar-refractivity contribution in [1.82, 2.24) is 0 Å². The van der Waals surface area contributed by atoms with Gasteiger partial charge in [0.05, 0.1) is 0 Å². The van der Waals surface area contributed by atoms with Crippen LogP contribution in [-0.2, 0) is 0 Å². The number of hydrogen-bond acceptors (Lipinski definition) is 0. The van der Waals surface area contributed by atoms with Crippen LogP contribution in [0.25, 0.3) is 0 Å². The van der Waals surface area contributed by atoms with Gasteiger partial charge >= 0.3 is 238 Å². The first-order valence-electron chi connectivity index (χ1n) is 15.1. The summed E-state index contributed by atoms with van der Waals surface area (Å²) in [6.45, 7) is 0. The van der Waals surface area contributed by atoms with E-state index in [1.165, 1.54) is 72.4 Å². The average molecular weight is 622 g/mol. The molecular formula is C36H44Ge2. The van der Waals surface area contributed by atoms with E-state index in [9.17, 15) is 0 Å². The molecule has 0 nitrogen and oxygen atoms in total. The molecule has 1 aliphatic rings. The fraction of sp³-hybridized carbons (Fsp3) is 0.333. The summed E-state index contributed by atoms with van der Waals surface area (Å²) in [6, 6.07) is 46.9. The Morgan fingerprint density at radius 3 is 0.684 bits per heavy atom. The fourth-order valence-corrected chi connectivity index (χ4v) is 28.6. The van der Waals surface area contributed by atoms with Crippen molar-refractivity contribution in [3.63, 3.8) is 0 Å². The molecule has 196 valence electrons. The summed E-state index contributed by atoms with van der Waals surface area (Å²) >= 11 is -4.86. The Kier molecular flexibility index (Phi) is 10.0. The molecule has 5 rings (SSSR count). The number of hydrogen-bond donors (Lipinski definition) is 0. The molecule has 4 aromatic rings. The molecule has 0 spiro atoms. The summed E-state index contributed by atoms with van der Waals surface area (Å²) < 4.78 is 6.81. The van der Waals surface area contributed by atoms with Gasteiger partial charge in [-0.25, -0.2) is 0 Å². The molecule has 0 saturated carbocycles. The van der Waals surface area contributed by atoms with Gasteiger partial charge in [0.1, 0.15) is 0 Å². The van der Waals surface area contributed by atoms with Crippen LogP contribution in [0.3, 0.4) is 0 Å². The summed E-state index contributed by atoms with van der Waals surface area (Å²) in [4.78, 5) is 0. The molecule has 1 fully saturated rings. The fourth-order valence-electron chi connectivity index (χ4n) is 7.18. The Morgan fingerprint density at radius 1 is 0.263 bits per heavy atom. The van der Waals surface area contributed by atoms with Crippen LogP contribution < -0.4 is 17.6 Å². The molecule has 4 aromatic carbocycles. The molecule has 0 unspecified atom stereocenters. The van der Waals surface area contributed by atoms with Crippen molar-refractivity contribution < 1.29 is 0 Å². The quantitative estimate of drug-likeness (QED) is 0.206. The van der Waals surface area contributed by atoms with Crippen LogP contribution in [0.2, 0.25) is 21.0 Å². The van der Waals surface area contributed by atoms with Gasteiger partial charge in [-0.2, -0.15) is 0 Å². The third kappa shape index (κ3) is 6.40. The zero-order valence-corrected chi connectivity index (χ0v) is 27.2. The SMILES string of the molecule is c1cc[c]([Ge]2([c]3ccccc3)[CH2]CCCC[CH2][Ge]([c]3ccccc3)([c]3ccccc3)[CH2]CCCC[CH2]2)cc1. The van der Waals surface area contributed by atoms with E-state index in [1.807, 2.05) is 0 Å². The van der Waals surface area contributed by atoms with Crippen molar-refractivity contribution in [2.45, 2.75) is 72.4 Å². The van der Waals surface area contributed by atoms with Gasteiger partial charge in [-0.3, -0.25) is 0 Å². The first-order chi connectivity index (χ1) is 18.8. The average Bonchev–Trinajstić information content (AvgIpc) is 3.00. The molecule has 1 aliphatic heterocycles. The van der Waals surface area contributed by atoms with E-state index in [1.54, 1.807) is 17.6 Å². The van der Waals surface area contributed by atoms with E-state index in [0.29, 0.717) is 0 Å². The van der Waals surface area contributed by atoms with E-state index < -0.39 is 26.5 Å². The number of rotatable bonds is 4. The van der Waals surface area contributed by atoms with Crippen molar-refractivity contribution in [2.24, 2.45) is 0 Å². The first kappa shape index (κ1) is 27.5. The minimum absolute atomic E-state index is 1.38. The summed E-state index contributed by atoms with van der Waals surface area (Å²) in [5.41, 5.74) is 0. The molecular weight excluding hydrogens is 578 g/mol. The van der Waals surface area contributed by atoms with E-state index in [-0.39, 0.29) is 0 Å². The molecule has 0 N–H and O–H groups in total. The standard InChI is InChI=1S/C36H44Ge2/c1-2-18-30-38(35-25-13-7-14-26-35,36-27-15-8-16-28-36)32-20-4-3-19-31-37(29-17-1,33-21-9-5-10-22-33)34-23-11-6-12-24-34/h5-16,21-28H,1-4,17-20,29-32H2. The van der Waals surface area contributed by atoms with Crippen molar-refractivity contribution in [3.8, 4) is 0 Å². The second kappa shape index (κ2) is 13.9. The predicted molar refractivity (Wildman–Crippen MR) is 172 cm³/mol. The van der Waals surface area contributed by atoms with Crippen molar-refractivity contribution in [3.05, 3.63) is 121 Å². The third-order valence-corrected chi connectivity index (χ3v) is 31.4. The van der Waals surface area contributed by atoms with Crippen LogP contribution in [0.15, 0.2) is 121 Å². The second-order valence-electron chi connectivity index (χ2n) is 11.5. The van der Waals surface area contributed by atoms with Gasteiger partial charge < -0.3 is 0 Å². The summed E-state index contributed by atoms with van der Waals surface area (Å²) in [5, 5.41) is 5.77. The Hall–Kier alpha value is -2.03. The Morgan fingerprint density at radius 2 is 0.474 bits per heavy atom. The Bertz CT molecular complexity index is 1010. The molecule has 0 radical (unpaired) electrons. The van der Waals surface area contributed by atoms with Crippen molar-refractivity contribution in [2.75, 3.05) is 0 Å². The van der Waals surface area contributed by atoms with Crippen LogP contribution in [0, 0.1) is 0 Å². The zero-order chi connectivity index (χ0) is 25.9. The van der Waals surface area contributed by atoms with Gasteiger partial charge in [-0.1, -0.05) is 0 Å². The van der Waals surface area contributed by atoms with Gasteiger partial charge in [0.15, 0.2) is 0 Å². The van der Waals surface area contributed by atoms with Gasteiger partial charge in [-0.05, 0) is 0 Å². The summed E-state index contributed by atoms with van der Waals surface area (Å²) in [5.74, 6) is 0. The van der Waals surface area contributed by atoms with Crippen molar-refractivity contribution >= 4 is 44.1 Å². The molecule has 1 heterocycles. The molecule has 0 aliphatic carbocycles. The third-order valence-electron chi connectivity index (χ3n) is 9.22. The van der Waals surface area contributed by atoms with Crippen LogP contribution in [0.4, 0.5) is 0 Å². The second-order valence-corrected chi connectivity index (χ2v) is 29.6. The molecule has 2 heteroatoms. The summed E-state index contributed by atoms with van der Waals surface area (Å²) in [7, 11) is 0. The van der Waals surface area contributed by atoms with Crippen molar-refractivity contribution in [1.29, 1.82) is 0 Å². The molecule has 1 saturated heterocycles. The molecule has 0 amide bonds. The normalized spacial score (nSPS) is 18.7. The van der Waals surface area contributed by atoms with Crippen LogP contribution in [0.5, 0.6) is 0 Å². The van der Waals surface area contributed by atoms with E-state index in [0.717, 1.165) is 0 Å². The Labute approximate surface area is 236 Å². The minimum atomic E-state index is -2.43. The zero-order valence-electron chi connectivity index (χ0n) is 23.0. The van der Waals surface area contributed by atoms with Crippen LogP contribution in [0.1, 0.15) is 51.4 Å². The van der Waals surface area contributed by atoms with E-state index in [2.05, 4.69) is 121 Å². The maximum absolute atomic E-state index is 2.47. The van der Waals surface area contributed by atoms with Gasteiger partial charge in [-0.15, -0.1) is 0 Å². The van der Waals surface area contributed by atoms with E-state index >= 15 is 0 Å². The molecule has 0 bridgehead atoms. The van der Waals surface area contributed by atoms with Gasteiger partial charge in [0.25, 0.3) is 0 Å². The van der Waals surface area contributed by atoms with E-state index in [4.69, 9.17) is 0 Å². The molecule has 0 atom stereocenters. The van der Waals surface area contributed by atoms with Crippen LogP contribution >= 0.6 is 0 Å². The molecule has 0 aromatic heterocycles. The van der Waals surface area contributed by atoms with Crippen LogP contribution in [-0.4, -0.2) is 26.5 Å². The molecule has 38 heavy (non-hydrogen) atoms. The Balaban J connectivity index is 1.39. The van der Waals surface area contributed by atoms with Gasteiger partial charge in [0, 0.05) is 0 Å².